The molecule has 6 nitrogen and oxygen atoms in total. The highest BCUT2D eigenvalue weighted by atomic mass is 35.5. The Bertz CT molecular complexity index is 1220. The number of H-pyrrole nitrogens is 1. The van der Waals surface area contributed by atoms with Gasteiger partial charge in [-0.25, -0.2) is 9.97 Å². The molecule has 7 heteroatoms. The molecular formula is C24H24ClN5O. The molecule has 0 atom stereocenters. The van der Waals surface area contributed by atoms with Crippen LogP contribution in [0.3, 0.4) is 0 Å². The van der Waals surface area contributed by atoms with Gasteiger partial charge in [0, 0.05) is 36.2 Å². The van der Waals surface area contributed by atoms with Crippen LogP contribution in [0.5, 0.6) is 0 Å². The number of anilines is 2. The third-order valence-electron chi connectivity index (χ3n) is 5.10. The molecule has 4 rings (SSSR count). The fourth-order valence-corrected chi connectivity index (χ4v) is 3.51. The molecule has 3 aromatic heterocycles. The molecule has 31 heavy (non-hydrogen) atoms. The number of carbonyl (C=O) groups excluding carboxylic acids is 1. The number of amides is 1. The predicted octanol–water partition coefficient (Wildman–Crippen LogP) is 5.77. The molecular weight excluding hydrogens is 410 g/mol. The van der Waals surface area contributed by atoms with Crippen LogP contribution in [0, 0.1) is 0 Å². The summed E-state index contributed by atoms with van der Waals surface area (Å²) in [5.41, 5.74) is 4.21. The van der Waals surface area contributed by atoms with E-state index in [-0.39, 0.29) is 11.3 Å². The van der Waals surface area contributed by atoms with Crippen molar-refractivity contribution in [3.8, 4) is 0 Å². The van der Waals surface area contributed by atoms with Crippen LogP contribution in [0.2, 0.25) is 5.02 Å². The number of hydrogen-bond donors (Lipinski definition) is 3. The van der Waals surface area contributed by atoms with Crippen LogP contribution in [-0.4, -0.2) is 20.9 Å². The van der Waals surface area contributed by atoms with E-state index in [0.29, 0.717) is 28.6 Å². The van der Waals surface area contributed by atoms with Gasteiger partial charge in [-0.2, -0.15) is 0 Å². The number of aromatic amines is 1. The number of pyridine rings is 2. The van der Waals surface area contributed by atoms with Crippen molar-refractivity contribution in [1.82, 2.24) is 15.0 Å². The largest absolute Gasteiger partial charge is 0.365 e. The van der Waals surface area contributed by atoms with E-state index in [1.165, 1.54) is 11.8 Å². The van der Waals surface area contributed by atoms with Crippen LogP contribution in [0.25, 0.3) is 11.0 Å². The fraction of sp³-hybridized carbons (Fsp3) is 0.208. The van der Waals surface area contributed by atoms with Crippen LogP contribution in [0.4, 0.5) is 11.5 Å². The second kappa shape index (κ2) is 8.40. The van der Waals surface area contributed by atoms with E-state index in [2.05, 4.69) is 46.4 Å². The summed E-state index contributed by atoms with van der Waals surface area (Å²) in [5.74, 6) is 0.191. The Labute approximate surface area is 186 Å². The molecule has 158 valence electrons. The van der Waals surface area contributed by atoms with Gasteiger partial charge in [0.05, 0.1) is 10.6 Å². The molecule has 1 aromatic carbocycles. The predicted molar refractivity (Wildman–Crippen MR) is 126 cm³/mol. The monoisotopic (exact) mass is 433 g/mol. The zero-order valence-corrected chi connectivity index (χ0v) is 18.4. The Morgan fingerprint density at radius 2 is 1.87 bits per heavy atom. The maximum atomic E-state index is 13.0. The van der Waals surface area contributed by atoms with E-state index in [1.807, 2.05) is 42.6 Å². The lowest BCUT2D eigenvalue weighted by atomic mass is 9.87. The molecule has 0 aliphatic carbocycles. The van der Waals surface area contributed by atoms with E-state index in [0.717, 1.165) is 16.6 Å². The van der Waals surface area contributed by atoms with Gasteiger partial charge < -0.3 is 15.6 Å². The van der Waals surface area contributed by atoms with Gasteiger partial charge in [0.1, 0.15) is 11.5 Å². The first-order valence-electron chi connectivity index (χ1n) is 10.0. The quantitative estimate of drug-likeness (QED) is 0.373. The molecule has 0 radical (unpaired) electrons. The van der Waals surface area contributed by atoms with Crippen molar-refractivity contribution >= 4 is 40.0 Å². The highest BCUT2D eigenvalue weighted by Gasteiger charge is 2.16. The van der Waals surface area contributed by atoms with Gasteiger partial charge in [0.25, 0.3) is 5.91 Å². The molecule has 0 bridgehead atoms. The number of fused-ring (bicyclic) bond motifs is 1. The summed E-state index contributed by atoms with van der Waals surface area (Å²) in [7, 11) is 0. The highest BCUT2D eigenvalue weighted by molar-refractivity contribution is 6.31. The van der Waals surface area contributed by atoms with Crippen LogP contribution < -0.4 is 10.6 Å². The maximum absolute atomic E-state index is 13.0. The Morgan fingerprint density at radius 3 is 2.61 bits per heavy atom. The summed E-state index contributed by atoms with van der Waals surface area (Å²) in [4.78, 5) is 24.7. The number of halogens is 1. The van der Waals surface area contributed by atoms with Crippen LogP contribution >= 0.6 is 11.6 Å². The van der Waals surface area contributed by atoms with Crippen LogP contribution in [-0.2, 0) is 12.0 Å². The number of aromatic nitrogens is 3. The topological polar surface area (TPSA) is 82.7 Å². The van der Waals surface area contributed by atoms with E-state index >= 15 is 0 Å². The van der Waals surface area contributed by atoms with E-state index in [4.69, 9.17) is 11.6 Å². The van der Waals surface area contributed by atoms with Crippen molar-refractivity contribution in [3.63, 3.8) is 0 Å². The Morgan fingerprint density at radius 1 is 1.10 bits per heavy atom. The van der Waals surface area contributed by atoms with Crippen molar-refractivity contribution in [2.45, 2.75) is 32.7 Å². The zero-order chi connectivity index (χ0) is 22.0. The zero-order valence-electron chi connectivity index (χ0n) is 17.7. The lowest BCUT2D eigenvalue weighted by Crippen LogP contribution is -2.16. The van der Waals surface area contributed by atoms with Gasteiger partial charge in [0.2, 0.25) is 0 Å². The molecule has 1 amide bonds. The van der Waals surface area contributed by atoms with Crippen LogP contribution in [0.15, 0.2) is 61.1 Å². The van der Waals surface area contributed by atoms with Crippen molar-refractivity contribution in [2.24, 2.45) is 0 Å². The first-order valence-corrected chi connectivity index (χ1v) is 10.4. The Hall–Kier alpha value is -3.38. The molecule has 0 fully saturated rings. The van der Waals surface area contributed by atoms with E-state index in [1.54, 1.807) is 12.3 Å². The lowest BCUT2D eigenvalue weighted by Gasteiger charge is -2.19. The highest BCUT2D eigenvalue weighted by Crippen LogP contribution is 2.25. The number of hydrogen-bond acceptors (Lipinski definition) is 4. The lowest BCUT2D eigenvalue weighted by molar-refractivity contribution is 0.102. The van der Waals surface area contributed by atoms with E-state index < -0.39 is 0 Å². The third-order valence-corrected chi connectivity index (χ3v) is 5.31. The number of nitrogens with zero attached hydrogens (tertiary/aromatic N) is 2. The van der Waals surface area contributed by atoms with E-state index in [9.17, 15) is 4.79 Å². The second-order valence-corrected chi connectivity index (χ2v) is 8.83. The van der Waals surface area contributed by atoms with Crippen molar-refractivity contribution in [1.29, 1.82) is 0 Å². The SMILES string of the molecule is CC(C)(C)c1ccc(NC(=O)c2cc(Cl)cnc2NCc2ccnc3[nH]ccc23)cc1. The van der Waals surface area contributed by atoms with Crippen molar-refractivity contribution in [2.75, 3.05) is 10.6 Å². The number of rotatable bonds is 5. The minimum atomic E-state index is -0.275. The summed E-state index contributed by atoms with van der Waals surface area (Å²) in [6.07, 6.45) is 5.13. The molecule has 0 aliphatic heterocycles. The van der Waals surface area contributed by atoms with Gasteiger partial charge in [-0.15, -0.1) is 0 Å². The number of nitrogens with one attached hydrogen (secondary N) is 3. The Balaban J connectivity index is 1.53. The van der Waals surface area contributed by atoms with Gasteiger partial charge in [0.15, 0.2) is 0 Å². The molecule has 0 unspecified atom stereocenters. The summed E-state index contributed by atoms with van der Waals surface area (Å²) in [6, 6.07) is 13.4. The van der Waals surface area contributed by atoms with Gasteiger partial charge in [-0.05, 0) is 46.9 Å². The smallest absolute Gasteiger partial charge is 0.259 e. The molecule has 0 spiro atoms. The van der Waals surface area contributed by atoms with Crippen molar-refractivity contribution < 1.29 is 4.79 Å². The van der Waals surface area contributed by atoms with Crippen molar-refractivity contribution in [3.05, 3.63) is 82.8 Å². The molecule has 0 aliphatic rings. The summed E-state index contributed by atoms with van der Waals surface area (Å²) < 4.78 is 0. The van der Waals surface area contributed by atoms with Crippen LogP contribution in [0.1, 0.15) is 42.3 Å². The molecule has 3 N–H and O–H groups in total. The molecule has 4 aromatic rings. The molecule has 3 heterocycles. The minimum absolute atomic E-state index is 0.0499. The molecule has 0 saturated heterocycles. The summed E-state index contributed by atoms with van der Waals surface area (Å²) in [5, 5.41) is 7.62. The number of benzene rings is 1. The summed E-state index contributed by atoms with van der Waals surface area (Å²) in [6.45, 7) is 6.95. The minimum Gasteiger partial charge on any atom is -0.365 e. The van der Waals surface area contributed by atoms with Gasteiger partial charge in [-0.3, -0.25) is 4.79 Å². The normalized spacial score (nSPS) is 11.5. The number of carbonyl (C=O) groups is 1. The first-order chi connectivity index (χ1) is 14.8. The van der Waals surface area contributed by atoms with Gasteiger partial charge >= 0.3 is 0 Å². The Kier molecular flexibility index (Phi) is 5.65. The molecule has 0 saturated carbocycles. The van der Waals surface area contributed by atoms with Gasteiger partial charge in [-0.1, -0.05) is 44.5 Å². The first kappa shape index (κ1) is 20.9. The maximum Gasteiger partial charge on any atom is 0.259 e. The second-order valence-electron chi connectivity index (χ2n) is 8.39. The average Bonchev–Trinajstić information content (AvgIpc) is 3.22. The standard InChI is InChI=1S/C24H24ClN5O/c1-24(2,3)16-4-6-18(7-5-16)30-23(31)20-12-17(25)14-29-22(20)28-13-15-8-10-26-21-19(15)9-11-27-21/h4-12,14H,13H2,1-3H3,(H,26,27)(H,28,29)(H,30,31). The average molecular weight is 434 g/mol. The summed E-state index contributed by atoms with van der Waals surface area (Å²) >= 11 is 6.13. The third kappa shape index (κ3) is 4.70. The fourth-order valence-electron chi connectivity index (χ4n) is 3.36.